The normalized spacial score (nSPS) is 11.8. The van der Waals surface area contributed by atoms with Crippen LogP contribution >= 0.6 is 11.3 Å². The molecule has 6 nitrogen and oxygen atoms in total. The molecule has 0 spiro atoms. The van der Waals surface area contributed by atoms with Gasteiger partial charge in [-0.05, 0) is 62.9 Å². The lowest BCUT2D eigenvalue weighted by atomic mass is 10.0. The maximum atomic E-state index is 13.8. The smallest absolute Gasteiger partial charge is 0.242 e. The molecule has 0 saturated carbocycles. The van der Waals surface area contributed by atoms with Gasteiger partial charge in [-0.2, -0.15) is 0 Å². The molecule has 2 rings (SSSR count). The quantitative estimate of drug-likeness (QED) is 0.117. The summed E-state index contributed by atoms with van der Waals surface area (Å²) in [6.45, 7) is 9.72. The summed E-state index contributed by atoms with van der Waals surface area (Å²) in [5.74, 6) is 1.47. The average Bonchev–Trinajstić information content (AvgIpc) is 3.43. The Bertz CT molecular complexity index is 1070. The van der Waals surface area contributed by atoms with E-state index in [0.717, 1.165) is 29.7 Å². The Labute approximate surface area is 266 Å². The highest BCUT2D eigenvalue weighted by Gasteiger charge is 2.25. The molecule has 1 aromatic carbocycles. The summed E-state index contributed by atoms with van der Waals surface area (Å²) >= 11 is 1.72. The van der Waals surface area contributed by atoms with Crippen molar-refractivity contribution in [3.63, 3.8) is 0 Å². The van der Waals surface area contributed by atoms with E-state index in [9.17, 15) is 9.59 Å². The molecule has 0 bridgehead atoms. The number of hydrogen-bond acceptors (Lipinski definition) is 5. The van der Waals surface area contributed by atoms with Gasteiger partial charge in [0.2, 0.25) is 11.8 Å². The lowest BCUT2D eigenvalue weighted by Crippen LogP contribution is -2.46. The average molecular weight is 615 g/mol. The minimum atomic E-state index is -0.000818. The predicted octanol–water partition coefficient (Wildman–Crippen LogP) is 8.97. The number of unbranched alkanes of at least 4 members (excludes halogenated alkanes) is 10. The molecule has 7 heteroatoms. The van der Waals surface area contributed by atoms with Crippen LogP contribution < -0.4 is 9.47 Å². The molecular weight excluding hydrogens is 556 g/mol. The second-order valence-corrected chi connectivity index (χ2v) is 13.2. The fourth-order valence-electron chi connectivity index (χ4n) is 5.39. The van der Waals surface area contributed by atoms with E-state index in [2.05, 4.69) is 39.8 Å². The SMILES string of the molecule is CCCCCCCCCCCCCC(=O)N(CC(=O)N(CCc1ccc(OC)c(OC)c1)Cc1ccc(C)s1)C(C)CC. The van der Waals surface area contributed by atoms with Crippen molar-refractivity contribution in [2.45, 2.75) is 130 Å². The number of methoxy groups -OCH3 is 2. The van der Waals surface area contributed by atoms with E-state index in [1.807, 2.05) is 28.0 Å². The van der Waals surface area contributed by atoms with Crippen LogP contribution in [0.15, 0.2) is 30.3 Å². The molecule has 1 aromatic heterocycles. The summed E-state index contributed by atoms with van der Waals surface area (Å²) in [6.07, 6.45) is 15.8. The van der Waals surface area contributed by atoms with E-state index in [4.69, 9.17) is 9.47 Å². The van der Waals surface area contributed by atoms with Gasteiger partial charge in [-0.15, -0.1) is 11.3 Å². The molecule has 1 unspecified atom stereocenters. The number of aryl methyl sites for hydroxylation is 1. The van der Waals surface area contributed by atoms with Crippen molar-refractivity contribution in [1.82, 2.24) is 9.80 Å². The fourth-order valence-corrected chi connectivity index (χ4v) is 6.30. The third-order valence-electron chi connectivity index (χ3n) is 8.36. The van der Waals surface area contributed by atoms with Gasteiger partial charge in [-0.25, -0.2) is 0 Å². The molecule has 0 aliphatic heterocycles. The Kier molecular flexibility index (Phi) is 18.1. The standard InChI is InChI=1S/C36H58N2O4S/c1-7-9-10-11-12-13-14-15-16-17-18-19-35(39)38(29(3)8-2)28-36(40)37(27-32-22-20-30(4)43-32)25-24-31-21-23-33(41-5)34(26-31)42-6/h20-23,26,29H,7-19,24-25,27-28H2,1-6H3. The fraction of sp³-hybridized carbons (Fsp3) is 0.667. The minimum Gasteiger partial charge on any atom is -0.493 e. The van der Waals surface area contributed by atoms with Crippen LogP contribution in [0.25, 0.3) is 0 Å². The van der Waals surface area contributed by atoms with Crippen LogP contribution in [0.1, 0.15) is 120 Å². The maximum Gasteiger partial charge on any atom is 0.242 e. The molecule has 0 radical (unpaired) electrons. The van der Waals surface area contributed by atoms with E-state index >= 15 is 0 Å². The number of benzene rings is 1. The van der Waals surface area contributed by atoms with Gasteiger partial charge >= 0.3 is 0 Å². The van der Waals surface area contributed by atoms with Gasteiger partial charge in [-0.3, -0.25) is 9.59 Å². The van der Waals surface area contributed by atoms with Crippen LogP contribution in [0.2, 0.25) is 0 Å². The Morgan fingerprint density at radius 2 is 1.44 bits per heavy atom. The number of rotatable bonds is 23. The number of thiophene rings is 1. The Hall–Kier alpha value is -2.54. The number of nitrogens with zero attached hydrogens (tertiary/aromatic N) is 2. The van der Waals surface area contributed by atoms with Gasteiger partial charge in [0.15, 0.2) is 11.5 Å². The molecule has 0 aliphatic carbocycles. The number of amides is 2. The third-order valence-corrected chi connectivity index (χ3v) is 9.34. The van der Waals surface area contributed by atoms with E-state index in [1.54, 1.807) is 25.6 Å². The monoisotopic (exact) mass is 614 g/mol. The Morgan fingerprint density at radius 1 is 0.814 bits per heavy atom. The van der Waals surface area contributed by atoms with Crippen LogP contribution in [0.3, 0.4) is 0 Å². The molecule has 0 saturated heterocycles. The predicted molar refractivity (Wildman–Crippen MR) is 180 cm³/mol. The molecule has 43 heavy (non-hydrogen) atoms. The lowest BCUT2D eigenvalue weighted by Gasteiger charge is -2.31. The first-order valence-electron chi connectivity index (χ1n) is 16.7. The van der Waals surface area contributed by atoms with Crippen molar-refractivity contribution in [3.05, 3.63) is 45.6 Å². The maximum absolute atomic E-state index is 13.8. The zero-order chi connectivity index (χ0) is 31.5. The molecule has 1 heterocycles. The van der Waals surface area contributed by atoms with Crippen LogP contribution in [-0.4, -0.2) is 55.0 Å². The molecule has 2 amide bonds. The topological polar surface area (TPSA) is 59.1 Å². The van der Waals surface area contributed by atoms with Crippen molar-refractivity contribution in [2.75, 3.05) is 27.3 Å². The summed E-state index contributed by atoms with van der Waals surface area (Å²) in [5.41, 5.74) is 1.07. The summed E-state index contributed by atoms with van der Waals surface area (Å²) < 4.78 is 10.9. The zero-order valence-corrected chi connectivity index (χ0v) is 28.7. The van der Waals surface area contributed by atoms with Gasteiger partial charge in [-0.1, -0.05) is 84.1 Å². The van der Waals surface area contributed by atoms with Gasteiger partial charge < -0.3 is 19.3 Å². The van der Waals surface area contributed by atoms with Crippen molar-refractivity contribution in [2.24, 2.45) is 0 Å². The number of hydrogen-bond donors (Lipinski definition) is 0. The molecule has 0 fully saturated rings. The summed E-state index contributed by atoms with van der Waals surface area (Å²) in [4.78, 5) is 33.3. The van der Waals surface area contributed by atoms with Crippen LogP contribution in [0.5, 0.6) is 11.5 Å². The van der Waals surface area contributed by atoms with Gasteiger partial charge in [0.25, 0.3) is 0 Å². The van der Waals surface area contributed by atoms with Crippen molar-refractivity contribution in [1.29, 1.82) is 0 Å². The highest BCUT2D eigenvalue weighted by Crippen LogP contribution is 2.28. The largest absolute Gasteiger partial charge is 0.493 e. The number of carbonyl (C=O) groups is 2. The molecular formula is C36H58N2O4S. The summed E-state index contributed by atoms with van der Waals surface area (Å²) in [7, 11) is 3.26. The number of ether oxygens (including phenoxy) is 2. The highest BCUT2D eigenvalue weighted by molar-refractivity contribution is 7.11. The van der Waals surface area contributed by atoms with E-state index in [1.165, 1.54) is 62.7 Å². The van der Waals surface area contributed by atoms with E-state index in [0.29, 0.717) is 37.4 Å². The molecule has 0 N–H and O–H groups in total. The van der Waals surface area contributed by atoms with Crippen LogP contribution in [0, 0.1) is 6.92 Å². The lowest BCUT2D eigenvalue weighted by molar-refractivity contribution is -0.142. The number of carbonyl (C=O) groups excluding carboxylic acids is 2. The second kappa shape index (κ2) is 21.2. The van der Waals surface area contributed by atoms with Crippen molar-refractivity contribution in [3.8, 4) is 11.5 Å². The first kappa shape index (κ1) is 36.7. The Balaban J connectivity index is 1.94. The first-order chi connectivity index (χ1) is 20.8. The Morgan fingerprint density at radius 3 is 2.00 bits per heavy atom. The van der Waals surface area contributed by atoms with Crippen LogP contribution in [0.4, 0.5) is 0 Å². The molecule has 1 atom stereocenters. The molecule has 0 aliphatic rings. The van der Waals surface area contributed by atoms with Gasteiger partial charge in [0.1, 0.15) is 0 Å². The minimum absolute atomic E-state index is 0.000818. The molecule has 2 aromatic rings. The first-order valence-corrected chi connectivity index (χ1v) is 17.5. The van der Waals surface area contributed by atoms with Crippen molar-refractivity contribution < 1.29 is 19.1 Å². The molecule has 242 valence electrons. The van der Waals surface area contributed by atoms with Gasteiger partial charge in [0.05, 0.1) is 27.3 Å². The summed E-state index contributed by atoms with van der Waals surface area (Å²) in [5, 5.41) is 0. The second-order valence-electron chi connectivity index (χ2n) is 11.8. The van der Waals surface area contributed by atoms with E-state index < -0.39 is 0 Å². The zero-order valence-electron chi connectivity index (χ0n) is 27.9. The third kappa shape index (κ3) is 13.7. The van der Waals surface area contributed by atoms with Crippen molar-refractivity contribution >= 4 is 23.2 Å². The van der Waals surface area contributed by atoms with E-state index in [-0.39, 0.29) is 24.4 Å². The van der Waals surface area contributed by atoms with Gasteiger partial charge in [0, 0.05) is 28.8 Å². The highest BCUT2D eigenvalue weighted by atomic mass is 32.1. The summed E-state index contributed by atoms with van der Waals surface area (Å²) in [6, 6.07) is 10.1. The van der Waals surface area contributed by atoms with Crippen LogP contribution in [-0.2, 0) is 22.6 Å².